The summed E-state index contributed by atoms with van der Waals surface area (Å²) >= 11 is 0. The number of carbonyl (C=O) groups is 2. The van der Waals surface area contributed by atoms with E-state index in [1.165, 1.54) is 7.11 Å². The molecule has 2 aromatic rings. The standard InChI is InChI=1S/C26H30N2O4/c1-16(2)27-25(29)22-17(3)28-18(4)23(26(30)31-5)24(22)20-11-13-21(14-12-20)32-15-19-9-7-6-8-10-19/h6-14,16,24,28H,15H2,1-5H3,(H,27,29). The van der Waals surface area contributed by atoms with Crippen LogP contribution in [0.2, 0.25) is 0 Å². The van der Waals surface area contributed by atoms with Gasteiger partial charge in [0.15, 0.2) is 0 Å². The van der Waals surface area contributed by atoms with Crippen LogP contribution in [0.4, 0.5) is 0 Å². The van der Waals surface area contributed by atoms with Crippen LogP contribution in [-0.4, -0.2) is 25.0 Å². The van der Waals surface area contributed by atoms with Crippen molar-refractivity contribution in [2.24, 2.45) is 0 Å². The predicted molar refractivity (Wildman–Crippen MR) is 124 cm³/mol. The van der Waals surface area contributed by atoms with Gasteiger partial charge >= 0.3 is 5.97 Å². The van der Waals surface area contributed by atoms with Gasteiger partial charge in [0.05, 0.1) is 18.6 Å². The number of allylic oxidation sites excluding steroid dienone is 2. The lowest BCUT2D eigenvalue weighted by molar-refractivity contribution is -0.136. The van der Waals surface area contributed by atoms with Gasteiger partial charge in [0.2, 0.25) is 5.91 Å². The minimum Gasteiger partial charge on any atom is -0.489 e. The maximum atomic E-state index is 13.1. The molecule has 32 heavy (non-hydrogen) atoms. The summed E-state index contributed by atoms with van der Waals surface area (Å²) in [6.07, 6.45) is 0. The van der Waals surface area contributed by atoms with E-state index in [9.17, 15) is 9.59 Å². The SMILES string of the molecule is COC(=O)C1=C(C)NC(C)=C(C(=O)NC(C)C)C1c1ccc(OCc2ccccc2)cc1. The molecule has 0 aromatic heterocycles. The molecule has 1 aliphatic rings. The zero-order valence-electron chi connectivity index (χ0n) is 19.2. The molecule has 0 radical (unpaired) electrons. The predicted octanol–water partition coefficient (Wildman–Crippen LogP) is 4.20. The van der Waals surface area contributed by atoms with Crippen molar-refractivity contribution in [3.05, 3.63) is 88.3 Å². The lowest BCUT2D eigenvalue weighted by Gasteiger charge is -2.31. The molecule has 0 bridgehead atoms. The highest BCUT2D eigenvalue weighted by Crippen LogP contribution is 2.39. The Morgan fingerprint density at radius 1 is 0.969 bits per heavy atom. The Morgan fingerprint density at radius 3 is 2.19 bits per heavy atom. The third-order valence-corrected chi connectivity index (χ3v) is 5.29. The van der Waals surface area contributed by atoms with Gasteiger partial charge in [0.25, 0.3) is 0 Å². The van der Waals surface area contributed by atoms with E-state index in [1.54, 1.807) is 0 Å². The van der Waals surface area contributed by atoms with E-state index in [0.717, 1.165) is 11.1 Å². The Morgan fingerprint density at radius 2 is 1.59 bits per heavy atom. The van der Waals surface area contributed by atoms with Crippen LogP contribution in [-0.2, 0) is 20.9 Å². The molecule has 6 heteroatoms. The van der Waals surface area contributed by atoms with E-state index >= 15 is 0 Å². The van der Waals surface area contributed by atoms with Crippen molar-refractivity contribution in [1.82, 2.24) is 10.6 Å². The van der Waals surface area contributed by atoms with Crippen LogP contribution in [0.25, 0.3) is 0 Å². The third-order valence-electron chi connectivity index (χ3n) is 5.29. The van der Waals surface area contributed by atoms with Crippen LogP contribution in [0.1, 0.15) is 44.7 Å². The molecule has 1 aliphatic heterocycles. The minimum atomic E-state index is -0.550. The summed E-state index contributed by atoms with van der Waals surface area (Å²) in [5, 5.41) is 6.12. The van der Waals surface area contributed by atoms with E-state index in [0.29, 0.717) is 34.9 Å². The van der Waals surface area contributed by atoms with Crippen molar-refractivity contribution in [3.63, 3.8) is 0 Å². The molecule has 1 atom stereocenters. The Kier molecular flexibility index (Phi) is 7.36. The number of nitrogens with one attached hydrogen (secondary N) is 2. The first-order valence-electron chi connectivity index (χ1n) is 10.7. The Labute approximate surface area is 189 Å². The zero-order chi connectivity index (χ0) is 23.3. The minimum absolute atomic E-state index is 0.0363. The van der Waals surface area contributed by atoms with Crippen LogP contribution < -0.4 is 15.4 Å². The van der Waals surface area contributed by atoms with Crippen molar-refractivity contribution >= 4 is 11.9 Å². The summed E-state index contributed by atoms with van der Waals surface area (Å²) in [6, 6.07) is 17.4. The lowest BCUT2D eigenvalue weighted by atomic mass is 9.80. The fourth-order valence-corrected chi connectivity index (χ4v) is 3.85. The summed E-state index contributed by atoms with van der Waals surface area (Å²) in [6.45, 7) is 7.93. The first-order valence-corrected chi connectivity index (χ1v) is 10.7. The van der Waals surface area contributed by atoms with Gasteiger partial charge in [0, 0.05) is 23.0 Å². The van der Waals surface area contributed by atoms with Crippen LogP contribution in [0.3, 0.4) is 0 Å². The number of methoxy groups -OCH3 is 1. The highest BCUT2D eigenvalue weighted by Gasteiger charge is 2.37. The molecular weight excluding hydrogens is 404 g/mol. The fourth-order valence-electron chi connectivity index (χ4n) is 3.85. The first-order chi connectivity index (χ1) is 15.3. The smallest absolute Gasteiger partial charge is 0.336 e. The van der Waals surface area contributed by atoms with Gasteiger partial charge in [-0.25, -0.2) is 4.79 Å². The Balaban J connectivity index is 1.94. The first kappa shape index (κ1) is 23.1. The van der Waals surface area contributed by atoms with Crippen LogP contribution in [0, 0.1) is 0 Å². The molecule has 0 aliphatic carbocycles. The van der Waals surface area contributed by atoms with Crippen molar-refractivity contribution < 1.29 is 19.1 Å². The molecule has 3 rings (SSSR count). The highest BCUT2D eigenvalue weighted by atomic mass is 16.5. The zero-order valence-corrected chi connectivity index (χ0v) is 19.2. The molecule has 1 amide bonds. The number of rotatable bonds is 7. The number of ether oxygens (including phenoxy) is 2. The number of benzene rings is 2. The van der Waals surface area contributed by atoms with Gasteiger partial charge in [-0.05, 0) is 51.0 Å². The van der Waals surface area contributed by atoms with Gasteiger partial charge in [0.1, 0.15) is 12.4 Å². The van der Waals surface area contributed by atoms with Crippen LogP contribution in [0.5, 0.6) is 5.75 Å². The fraction of sp³-hybridized carbons (Fsp3) is 0.308. The number of dihydropyridines is 1. The summed E-state index contributed by atoms with van der Waals surface area (Å²) in [4.78, 5) is 25.8. The Bertz CT molecular complexity index is 1040. The van der Waals surface area contributed by atoms with E-state index in [-0.39, 0.29) is 11.9 Å². The number of hydrogen-bond acceptors (Lipinski definition) is 5. The second-order valence-electron chi connectivity index (χ2n) is 8.10. The molecule has 6 nitrogen and oxygen atoms in total. The van der Waals surface area contributed by atoms with Gasteiger partial charge in [-0.2, -0.15) is 0 Å². The average molecular weight is 435 g/mol. The second kappa shape index (κ2) is 10.2. The summed E-state index contributed by atoms with van der Waals surface area (Å²) in [5.41, 5.74) is 4.19. The van der Waals surface area contributed by atoms with Gasteiger partial charge in [-0.1, -0.05) is 42.5 Å². The van der Waals surface area contributed by atoms with Crippen molar-refractivity contribution in [2.75, 3.05) is 7.11 Å². The normalized spacial score (nSPS) is 16.0. The number of hydrogen-bond donors (Lipinski definition) is 2. The molecule has 0 saturated heterocycles. The van der Waals surface area contributed by atoms with Gasteiger partial charge in [-0.15, -0.1) is 0 Å². The quantitative estimate of drug-likeness (QED) is 0.639. The molecule has 0 spiro atoms. The van der Waals surface area contributed by atoms with Crippen molar-refractivity contribution in [2.45, 2.75) is 46.3 Å². The van der Waals surface area contributed by atoms with Gasteiger partial charge in [-0.3, -0.25) is 4.79 Å². The third kappa shape index (κ3) is 5.19. The van der Waals surface area contributed by atoms with E-state index in [1.807, 2.05) is 82.3 Å². The Hall–Kier alpha value is -3.54. The monoisotopic (exact) mass is 434 g/mol. The summed E-state index contributed by atoms with van der Waals surface area (Å²) in [5.74, 6) is -0.522. The molecule has 168 valence electrons. The molecular formula is C26H30N2O4. The maximum absolute atomic E-state index is 13.1. The average Bonchev–Trinajstić information content (AvgIpc) is 2.77. The number of amides is 1. The van der Waals surface area contributed by atoms with E-state index in [4.69, 9.17) is 9.47 Å². The molecule has 0 saturated carbocycles. The van der Waals surface area contributed by atoms with Crippen molar-refractivity contribution in [3.8, 4) is 5.75 Å². The van der Waals surface area contributed by atoms with Crippen LogP contribution in [0.15, 0.2) is 77.1 Å². The topological polar surface area (TPSA) is 76.7 Å². The maximum Gasteiger partial charge on any atom is 0.336 e. The van der Waals surface area contributed by atoms with E-state index in [2.05, 4.69) is 10.6 Å². The molecule has 2 aromatic carbocycles. The van der Waals surface area contributed by atoms with Crippen LogP contribution >= 0.6 is 0 Å². The number of carbonyl (C=O) groups excluding carboxylic acids is 2. The second-order valence-corrected chi connectivity index (χ2v) is 8.10. The summed E-state index contributed by atoms with van der Waals surface area (Å²) in [7, 11) is 1.35. The molecule has 0 fully saturated rings. The summed E-state index contributed by atoms with van der Waals surface area (Å²) < 4.78 is 10.9. The highest BCUT2D eigenvalue weighted by molar-refractivity contribution is 6.02. The molecule has 1 heterocycles. The van der Waals surface area contributed by atoms with Gasteiger partial charge < -0.3 is 20.1 Å². The number of esters is 1. The van der Waals surface area contributed by atoms with Crippen molar-refractivity contribution in [1.29, 1.82) is 0 Å². The lowest BCUT2D eigenvalue weighted by Crippen LogP contribution is -2.38. The molecule has 1 unspecified atom stereocenters. The molecule has 2 N–H and O–H groups in total. The largest absolute Gasteiger partial charge is 0.489 e. The van der Waals surface area contributed by atoms with E-state index < -0.39 is 11.9 Å².